The largest absolute Gasteiger partial charge is 0.497 e. The molecule has 7 nitrogen and oxygen atoms in total. The number of aliphatic hydroxyl groups is 1. The average molecular weight is 356 g/mol. The van der Waals surface area contributed by atoms with Gasteiger partial charge in [-0.1, -0.05) is 12.1 Å². The van der Waals surface area contributed by atoms with E-state index in [9.17, 15) is 9.90 Å². The van der Waals surface area contributed by atoms with Gasteiger partial charge in [0.2, 0.25) is 0 Å². The quantitative estimate of drug-likeness (QED) is 0.627. The van der Waals surface area contributed by atoms with E-state index in [-0.39, 0.29) is 11.7 Å². The van der Waals surface area contributed by atoms with Crippen molar-refractivity contribution in [1.29, 1.82) is 0 Å². The Kier molecular flexibility index (Phi) is 4.56. The lowest BCUT2D eigenvalue weighted by atomic mass is 9.96. The predicted octanol–water partition coefficient (Wildman–Crippen LogP) is 3.00. The molecule has 0 saturated heterocycles. The number of fused-ring (bicyclic) bond motifs is 1. The zero-order valence-corrected chi connectivity index (χ0v) is 14.7. The van der Waals surface area contributed by atoms with Crippen LogP contribution in [0.2, 0.25) is 0 Å². The van der Waals surface area contributed by atoms with Crippen molar-refractivity contribution in [3.8, 4) is 11.5 Å². The van der Waals surface area contributed by atoms with E-state index in [2.05, 4.69) is 9.97 Å². The Bertz CT molecular complexity index is 931. The van der Waals surface area contributed by atoms with E-state index in [0.717, 1.165) is 16.8 Å². The first-order chi connectivity index (χ1) is 12.3. The number of nitrogens with zero attached hydrogens (tertiary/aromatic N) is 1. The number of nitrogens with one attached hydrogen (secondary N) is 1. The first-order valence-corrected chi connectivity index (χ1v) is 8.08. The Labute approximate surface area is 150 Å². The molecule has 0 aliphatic carbocycles. The molecule has 136 valence electrons. The molecule has 0 aliphatic rings. The number of aliphatic carboxylic acids is 1. The van der Waals surface area contributed by atoms with Gasteiger partial charge in [0, 0.05) is 6.07 Å². The molecule has 0 amide bonds. The number of rotatable bonds is 6. The van der Waals surface area contributed by atoms with Crippen molar-refractivity contribution in [3.05, 3.63) is 53.9 Å². The van der Waals surface area contributed by atoms with Gasteiger partial charge in [0.05, 0.1) is 18.1 Å². The molecule has 7 heteroatoms. The number of ether oxygens (including phenoxy) is 2. The Morgan fingerprint density at radius 3 is 2.46 bits per heavy atom. The standard InChI is InChI=1S/C19H20N2O5/c1-11(17-20-15-9-8-14(25-3)10-16(15)21-17)26-13-6-4-12(5-7-13)19(2,24)18(22)23/h4-11,24H,1-3H3,(H,20,21)(H,22,23). The summed E-state index contributed by atoms with van der Waals surface area (Å²) in [5.74, 6) is 0.634. The topological polar surface area (TPSA) is 105 Å². The SMILES string of the molecule is COc1ccc2nc(C(C)Oc3ccc(C(C)(O)C(=O)O)cc3)[nH]c2c1. The van der Waals surface area contributed by atoms with Crippen molar-refractivity contribution in [2.45, 2.75) is 25.6 Å². The van der Waals surface area contributed by atoms with E-state index in [0.29, 0.717) is 11.6 Å². The maximum atomic E-state index is 11.1. The highest BCUT2D eigenvalue weighted by molar-refractivity contribution is 5.78. The Hall–Kier alpha value is -3.06. The molecule has 2 aromatic carbocycles. The van der Waals surface area contributed by atoms with Crippen molar-refractivity contribution in [1.82, 2.24) is 9.97 Å². The van der Waals surface area contributed by atoms with E-state index in [4.69, 9.17) is 14.6 Å². The number of carboxylic acids is 1. The molecule has 26 heavy (non-hydrogen) atoms. The fourth-order valence-electron chi connectivity index (χ4n) is 2.57. The van der Waals surface area contributed by atoms with Gasteiger partial charge in [0.25, 0.3) is 0 Å². The number of hydrogen-bond acceptors (Lipinski definition) is 5. The lowest BCUT2D eigenvalue weighted by Gasteiger charge is -2.19. The van der Waals surface area contributed by atoms with Crippen LogP contribution in [0.25, 0.3) is 11.0 Å². The first-order valence-electron chi connectivity index (χ1n) is 8.08. The molecule has 0 radical (unpaired) electrons. The van der Waals surface area contributed by atoms with Gasteiger partial charge in [0.15, 0.2) is 11.7 Å². The lowest BCUT2D eigenvalue weighted by molar-refractivity contribution is -0.157. The molecule has 1 heterocycles. The number of aromatic nitrogens is 2. The van der Waals surface area contributed by atoms with Crippen LogP contribution in [-0.2, 0) is 10.4 Å². The molecule has 3 aromatic rings. The molecule has 0 spiro atoms. The van der Waals surface area contributed by atoms with Crippen LogP contribution in [0.15, 0.2) is 42.5 Å². The monoisotopic (exact) mass is 356 g/mol. The zero-order chi connectivity index (χ0) is 18.9. The van der Waals surface area contributed by atoms with Crippen molar-refractivity contribution in [2.75, 3.05) is 7.11 Å². The van der Waals surface area contributed by atoms with Gasteiger partial charge >= 0.3 is 5.97 Å². The summed E-state index contributed by atoms with van der Waals surface area (Å²) in [5.41, 5.74) is -0.00494. The van der Waals surface area contributed by atoms with Gasteiger partial charge in [0.1, 0.15) is 17.3 Å². The van der Waals surface area contributed by atoms with Crippen molar-refractivity contribution in [3.63, 3.8) is 0 Å². The van der Waals surface area contributed by atoms with Gasteiger partial charge < -0.3 is 24.7 Å². The van der Waals surface area contributed by atoms with E-state index < -0.39 is 11.6 Å². The van der Waals surface area contributed by atoms with Crippen LogP contribution in [0.3, 0.4) is 0 Å². The summed E-state index contributed by atoms with van der Waals surface area (Å²) in [4.78, 5) is 18.8. The molecule has 3 rings (SSSR count). The maximum absolute atomic E-state index is 11.1. The number of carboxylic acid groups (broad SMARTS) is 1. The molecule has 0 saturated carbocycles. The number of aromatic amines is 1. The molecule has 0 aliphatic heterocycles. The van der Waals surface area contributed by atoms with Crippen molar-refractivity contribution in [2.24, 2.45) is 0 Å². The summed E-state index contributed by atoms with van der Waals surface area (Å²) in [7, 11) is 1.61. The molecule has 2 unspecified atom stereocenters. The van der Waals surface area contributed by atoms with E-state index in [1.165, 1.54) is 19.1 Å². The number of hydrogen-bond donors (Lipinski definition) is 3. The molecule has 0 fully saturated rings. The summed E-state index contributed by atoms with van der Waals surface area (Å²) >= 11 is 0. The number of benzene rings is 2. The second kappa shape index (κ2) is 6.68. The van der Waals surface area contributed by atoms with Gasteiger partial charge in [-0.25, -0.2) is 9.78 Å². The van der Waals surface area contributed by atoms with E-state index in [1.54, 1.807) is 19.2 Å². The molecule has 3 N–H and O–H groups in total. The zero-order valence-electron chi connectivity index (χ0n) is 14.7. The third kappa shape index (κ3) is 3.34. The predicted molar refractivity (Wildman–Crippen MR) is 95.3 cm³/mol. The fourth-order valence-corrected chi connectivity index (χ4v) is 2.57. The number of methoxy groups -OCH3 is 1. The van der Waals surface area contributed by atoms with Crippen LogP contribution in [0.1, 0.15) is 31.3 Å². The van der Waals surface area contributed by atoms with Crippen LogP contribution in [0.4, 0.5) is 0 Å². The maximum Gasteiger partial charge on any atom is 0.340 e. The van der Waals surface area contributed by atoms with Gasteiger partial charge in [-0.05, 0) is 43.7 Å². The Morgan fingerprint density at radius 2 is 1.85 bits per heavy atom. The highest BCUT2D eigenvalue weighted by Gasteiger charge is 2.32. The summed E-state index contributed by atoms with van der Waals surface area (Å²) in [6, 6.07) is 11.9. The smallest absolute Gasteiger partial charge is 0.340 e. The van der Waals surface area contributed by atoms with Crippen LogP contribution in [0.5, 0.6) is 11.5 Å². The second-order valence-corrected chi connectivity index (χ2v) is 6.17. The summed E-state index contributed by atoms with van der Waals surface area (Å²) in [5, 5.41) is 19.0. The minimum atomic E-state index is -1.94. The van der Waals surface area contributed by atoms with Crippen molar-refractivity contribution < 1.29 is 24.5 Å². The first kappa shape index (κ1) is 17.8. The molecule has 2 atom stereocenters. The van der Waals surface area contributed by atoms with Crippen LogP contribution in [0, 0.1) is 0 Å². The Morgan fingerprint density at radius 1 is 1.19 bits per heavy atom. The lowest BCUT2D eigenvalue weighted by Crippen LogP contribution is -2.31. The van der Waals surface area contributed by atoms with Crippen LogP contribution >= 0.6 is 0 Å². The normalized spacial score (nSPS) is 14.6. The summed E-state index contributed by atoms with van der Waals surface area (Å²) in [6.45, 7) is 3.09. The molecular weight excluding hydrogens is 336 g/mol. The minimum absolute atomic E-state index is 0.279. The van der Waals surface area contributed by atoms with E-state index >= 15 is 0 Å². The number of carbonyl (C=O) groups is 1. The fraction of sp³-hybridized carbons (Fsp3) is 0.263. The van der Waals surface area contributed by atoms with E-state index in [1.807, 2.05) is 25.1 Å². The van der Waals surface area contributed by atoms with Gasteiger partial charge in [-0.15, -0.1) is 0 Å². The highest BCUT2D eigenvalue weighted by atomic mass is 16.5. The van der Waals surface area contributed by atoms with Gasteiger partial charge in [-0.2, -0.15) is 0 Å². The molecular formula is C19H20N2O5. The number of H-pyrrole nitrogens is 1. The average Bonchev–Trinajstić information content (AvgIpc) is 3.05. The highest BCUT2D eigenvalue weighted by Crippen LogP contribution is 2.27. The third-order valence-electron chi connectivity index (χ3n) is 4.24. The van der Waals surface area contributed by atoms with Crippen LogP contribution < -0.4 is 9.47 Å². The third-order valence-corrected chi connectivity index (χ3v) is 4.24. The second-order valence-electron chi connectivity index (χ2n) is 6.17. The minimum Gasteiger partial charge on any atom is -0.497 e. The number of imidazole rings is 1. The Balaban J connectivity index is 1.77. The van der Waals surface area contributed by atoms with Crippen molar-refractivity contribution >= 4 is 17.0 Å². The summed E-state index contributed by atoms with van der Waals surface area (Å²) in [6.07, 6.45) is -0.348. The summed E-state index contributed by atoms with van der Waals surface area (Å²) < 4.78 is 11.1. The molecule has 1 aromatic heterocycles. The molecule has 0 bridgehead atoms. The van der Waals surface area contributed by atoms with Gasteiger partial charge in [-0.3, -0.25) is 0 Å². The van der Waals surface area contributed by atoms with Crippen LogP contribution in [-0.4, -0.2) is 33.3 Å².